The standard InChI is InChI=1S/C13H18ClFO2/c1-3-5-13(16-2)17-9-11-10(8-14)6-4-7-12(11)15/h4,6-7,13H,3,5,8-9H2,1-2H3. The number of halogens is 2. The highest BCUT2D eigenvalue weighted by atomic mass is 35.5. The van der Waals surface area contributed by atoms with Crippen LogP contribution in [0.5, 0.6) is 0 Å². The summed E-state index contributed by atoms with van der Waals surface area (Å²) < 4.78 is 24.3. The quantitative estimate of drug-likeness (QED) is 0.548. The molecule has 4 heteroatoms. The predicted molar refractivity (Wildman–Crippen MR) is 66.5 cm³/mol. The zero-order chi connectivity index (χ0) is 12.7. The maximum Gasteiger partial charge on any atom is 0.157 e. The van der Waals surface area contributed by atoms with E-state index in [1.807, 2.05) is 6.92 Å². The van der Waals surface area contributed by atoms with Gasteiger partial charge in [0.1, 0.15) is 5.82 Å². The van der Waals surface area contributed by atoms with Crippen LogP contribution in [0.15, 0.2) is 18.2 Å². The molecule has 1 aromatic rings. The molecule has 0 saturated heterocycles. The highest BCUT2D eigenvalue weighted by Gasteiger charge is 2.11. The van der Waals surface area contributed by atoms with Crippen molar-refractivity contribution in [1.29, 1.82) is 0 Å². The van der Waals surface area contributed by atoms with Crippen LogP contribution in [0.3, 0.4) is 0 Å². The molecular weight excluding hydrogens is 243 g/mol. The van der Waals surface area contributed by atoms with Crippen molar-refractivity contribution < 1.29 is 13.9 Å². The van der Waals surface area contributed by atoms with Crippen LogP contribution in [0.1, 0.15) is 30.9 Å². The highest BCUT2D eigenvalue weighted by Crippen LogP contribution is 2.18. The van der Waals surface area contributed by atoms with Gasteiger partial charge in [0.15, 0.2) is 6.29 Å². The first-order valence-electron chi connectivity index (χ1n) is 5.69. The van der Waals surface area contributed by atoms with Crippen molar-refractivity contribution in [1.82, 2.24) is 0 Å². The fourth-order valence-electron chi connectivity index (χ4n) is 1.57. The summed E-state index contributed by atoms with van der Waals surface area (Å²) in [6.07, 6.45) is 1.46. The molecule has 0 saturated carbocycles. The summed E-state index contributed by atoms with van der Waals surface area (Å²) in [5, 5.41) is 0. The second-order valence-corrected chi connectivity index (χ2v) is 4.04. The van der Waals surface area contributed by atoms with E-state index >= 15 is 0 Å². The average Bonchev–Trinajstić information content (AvgIpc) is 2.35. The minimum atomic E-state index is -0.289. The Morgan fingerprint density at radius 2 is 2.18 bits per heavy atom. The molecule has 0 aliphatic carbocycles. The Hall–Kier alpha value is -0.640. The molecular formula is C13H18ClFO2. The zero-order valence-corrected chi connectivity index (χ0v) is 11.0. The SMILES string of the molecule is CCCC(OC)OCc1c(F)cccc1CCl. The third-order valence-electron chi connectivity index (χ3n) is 2.56. The maximum absolute atomic E-state index is 13.6. The van der Waals surface area contributed by atoms with Gasteiger partial charge in [-0.1, -0.05) is 25.5 Å². The van der Waals surface area contributed by atoms with Gasteiger partial charge < -0.3 is 9.47 Å². The van der Waals surface area contributed by atoms with Crippen LogP contribution in [-0.4, -0.2) is 13.4 Å². The van der Waals surface area contributed by atoms with Gasteiger partial charge in [0, 0.05) is 18.6 Å². The summed E-state index contributed by atoms with van der Waals surface area (Å²) in [6.45, 7) is 2.23. The smallest absolute Gasteiger partial charge is 0.157 e. The Morgan fingerprint density at radius 1 is 1.41 bits per heavy atom. The minimum Gasteiger partial charge on any atom is -0.356 e. The fourth-order valence-corrected chi connectivity index (χ4v) is 1.82. The lowest BCUT2D eigenvalue weighted by Gasteiger charge is -2.16. The van der Waals surface area contributed by atoms with E-state index in [-0.39, 0.29) is 24.6 Å². The Kier molecular flexibility index (Phi) is 6.48. The molecule has 0 spiro atoms. The lowest BCUT2D eigenvalue weighted by Crippen LogP contribution is -2.15. The van der Waals surface area contributed by atoms with E-state index in [0.29, 0.717) is 5.56 Å². The molecule has 0 aliphatic heterocycles. The molecule has 0 amide bonds. The van der Waals surface area contributed by atoms with Gasteiger partial charge in [0.25, 0.3) is 0 Å². The van der Waals surface area contributed by atoms with Gasteiger partial charge in [-0.2, -0.15) is 0 Å². The molecule has 1 rings (SSSR count). The molecule has 17 heavy (non-hydrogen) atoms. The van der Waals surface area contributed by atoms with Crippen molar-refractivity contribution in [3.8, 4) is 0 Å². The molecule has 0 N–H and O–H groups in total. The third-order valence-corrected chi connectivity index (χ3v) is 2.85. The van der Waals surface area contributed by atoms with Crippen LogP contribution in [0.2, 0.25) is 0 Å². The first-order chi connectivity index (χ1) is 8.22. The number of hydrogen-bond acceptors (Lipinski definition) is 2. The van der Waals surface area contributed by atoms with Crippen molar-refractivity contribution in [2.75, 3.05) is 7.11 Å². The minimum absolute atomic E-state index is 0.188. The maximum atomic E-state index is 13.6. The lowest BCUT2D eigenvalue weighted by atomic mass is 10.1. The molecule has 0 aromatic heterocycles. The van der Waals surface area contributed by atoms with Gasteiger partial charge >= 0.3 is 0 Å². The van der Waals surface area contributed by atoms with E-state index in [9.17, 15) is 4.39 Å². The van der Waals surface area contributed by atoms with E-state index in [0.717, 1.165) is 18.4 Å². The first-order valence-corrected chi connectivity index (χ1v) is 6.23. The second-order valence-electron chi connectivity index (χ2n) is 3.78. The number of ether oxygens (including phenoxy) is 2. The Labute approximate surface area is 107 Å². The van der Waals surface area contributed by atoms with E-state index in [4.69, 9.17) is 21.1 Å². The van der Waals surface area contributed by atoms with Gasteiger partial charge in [-0.15, -0.1) is 11.6 Å². The van der Waals surface area contributed by atoms with E-state index < -0.39 is 0 Å². The number of benzene rings is 1. The summed E-state index contributed by atoms with van der Waals surface area (Å²) in [7, 11) is 1.59. The topological polar surface area (TPSA) is 18.5 Å². The van der Waals surface area contributed by atoms with Gasteiger partial charge in [-0.3, -0.25) is 0 Å². The second kappa shape index (κ2) is 7.64. The third kappa shape index (κ3) is 4.26. The first kappa shape index (κ1) is 14.4. The Bertz CT molecular complexity index is 344. The largest absolute Gasteiger partial charge is 0.356 e. The van der Waals surface area contributed by atoms with Crippen LogP contribution in [0.25, 0.3) is 0 Å². The molecule has 1 unspecified atom stereocenters. The van der Waals surface area contributed by atoms with Crippen LogP contribution in [0, 0.1) is 5.82 Å². The van der Waals surface area contributed by atoms with Gasteiger partial charge in [-0.25, -0.2) is 4.39 Å². The molecule has 0 radical (unpaired) electrons. The van der Waals surface area contributed by atoms with Crippen molar-refractivity contribution in [2.24, 2.45) is 0 Å². The van der Waals surface area contributed by atoms with Crippen LogP contribution < -0.4 is 0 Å². The van der Waals surface area contributed by atoms with Crippen LogP contribution in [-0.2, 0) is 22.0 Å². The van der Waals surface area contributed by atoms with Crippen molar-refractivity contribution in [2.45, 2.75) is 38.5 Å². The number of hydrogen-bond donors (Lipinski definition) is 0. The molecule has 1 atom stereocenters. The van der Waals surface area contributed by atoms with Gasteiger partial charge in [-0.05, 0) is 18.1 Å². The van der Waals surface area contributed by atoms with Crippen LogP contribution >= 0.6 is 11.6 Å². The molecule has 0 aliphatic rings. The molecule has 0 bridgehead atoms. The van der Waals surface area contributed by atoms with Gasteiger partial charge in [0.2, 0.25) is 0 Å². The monoisotopic (exact) mass is 260 g/mol. The molecule has 96 valence electrons. The molecule has 1 aromatic carbocycles. The molecule has 0 heterocycles. The number of rotatable bonds is 7. The Balaban J connectivity index is 2.67. The summed E-state index contributed by atoms with van der Waals surface area (Å²) in [5.41, 5.74) is 1.28. The van der Waals surface area contributed by atoms with E-state index in [1.165, 1.54) is 6.07 Å². The predicted octanol–water partition coefficient (Wildman–Crippen LogP) is 3.85. The van der Waals surface area contributed by atoms with E-state index in [2.05, 4.69) is 0 Å². The lowest BCUT2D eigenvalue weighted by molar-refractivity contribution is -0.135. The number of alkyl halides is 1. The Morgan fingerprint density at radius 3 is 2.76 bits per heavy atom. The van der Waals surface area contributed by atoms with Gasteiger partial charge in [0.05, 0.1) is 6.61 Å². The molecule has 0 fully saturated rings. The van der Waals surface area contributed by atoms with Crippen molar-refractivity contribution in [3.63, 3.8) is 0 Å². The summed E-state index contributed by atoms with van der Waals surface area (Å²) in [4.78, 5) is 0. The summed E-state index contributed by atoms with van der Waals surface area (Å²) in [6, 6.07) is 4.86. The zero-order valence-electron chi connectivity index (χ0n) is 10.2. The average molecular weight is 261 g/mol. The van der Waals surface area contributed by atoms with Crippen molar-refractivity contribution in [3.05, 3.63) is 35.1 Å². The fraction of sp³-hybridized carbons (Fsp3) is 0.538. The molecule has 2 nitrogen and oxygen atoms in total. The van der Waals surface area contributed by atoms with Crippen LogP contribution in [0.4, 0.5) is 4.39 Å². The summed E-state index contributed by atoms with van der Waals surface area (Å²) in [5.74, 6) is -0.00323. The van der Waals surface area contributed by atoms with Crippen molar-refractivity contribution >= 4 is 11.6 Å². The summed E-state index contributed by atoms with van der Waals surface area (Å²) >= 11 is 5.76. The number of methoxy groups -OCH3 is 1. The normalized spacial score (nSPS) is 12.7. The highest BCUT2D eigenvalue weighted by molar-refractivity contribution is 6.17. The van der Waals surface area contributed by atoms with E-state index in [1.54, 1.807) is 19.2 Å².